The number of aromatic nitrogens is 1. The van der Waals surface area contributed by atoms with Crippen LogP contribution in [0.5, 0.6) is 0 Å². The van der Waals surface area contributed by atoms with E-state index in [-0.39, 0.29) is 12.0 Å². The molecule has 0 aromatic carbocycles. The summed E-state index contributed by atoms with van der Waals surface area (Å²) >= 11 is 1.69. The Morgan fingerprint density at radius 2 is 2.53 bits per heavy atom. The van der Waals surface area contributed by atoms with E-state index in [1.54, 1.807) is 11.3 Å². The van der Waals surface area contributed by atoms with E-state index >= 15 is 0 Å². The number of amides is 1. The lowest BCUT2D eigenvalue weighted by molar-refractivity contribution is -0.134. The van der Waals surface area contributed by atoms with Gasteiger partial charge in [-0.3, -0.25) is 4.79 Å². The van der Waals surface area contributed by atoms with E-state index < -0.39 is 0 Å². The molecule has 0 radical (unpaired) electrons. The molecule has 1 aromatic rings. The van der Waals surface area contributed by atoms with Crippen molar-refractivity contribution in [2.75, 3.05) is 26.2 Å². The van der Waals surface area contributed by atoms with E-state index in [4.69, 9.17) is 4.74 Å². The van der Waals surface area contributed by atoms with Gasteiger partial charge < -0.3 is 15.4 Å². The van der Waals surface area contributed by atoms with Gasteiger partial charge in [0, 0.05) is 37.4 Å². The highest BCUT2D eigenvalue weighted by molar-refractivity contribution is 7.09. The fourth-order valence-corrected chi connectivity index (χ4v) is 2.73. The number of carbonyl (C=O) groups is 1. The van der Waals surface area contributed by atoms with E-state index in [1.807, 2.05) is 0 Å². The van der Waals surface area contributed by atoms with Crippen molar-refractivity contribution in [3.63, 3.8) is 0 Å². The summed E-state index contributed by atoms with van der Waals surface area (Å²) in [5, 5.41) is 9.27. The van der Waals surface area contributed by atoms with Gasteiger partial charge in [0.1, 0.15) is 6.10 Å². The molecule has 1 unspecified atom stereocenters. The quantitative estimate of drug-likeness (QED) is 0.843. The van der Waals surface area contributed by atoms with Crippen LogP contribution in [-0.2, 0) is 16.0 Å². The molecule has 0 spiro atoms. The molecular weight excluding hydrogens is 262 g/mol. The van der Waals surface area contributed by atoms with Crippen molar-refractivity contribution >= 4 is 17.2 Å². The minimum atomic E-state index is -0.351. The molecule has 1 aromatic heterocycles. The van der Waals surface area contributed by atoms with Gasteiger partial charge in [-0.2, -0.15) is 0 Å². The fourth-order valence-electron chi connectivity index (χ4n) is 1.86. The summed E-state index contributed by atoms with van der Waals surface area (Å²) in [5.41, 5.74) is 1.05. The lowest BCUT2D eigenvalue weighted by Crippen LogP contribution is -2.48. The molecule has 0 bridgehead atoms. The van der Waals surface area contributed by atoms with E-state index in [0.717, 1.165) is 23.7 Å². The highest BCUT2D eigenvalue weighted by atomic mass is 32.1. The maximum atomic E-state index is 11.8. The Morgan fingerprint density at radius 3 is 3.16 bits per heavy atom. The zero-order valence-electron chi connectivity index (χ0n) is 11.4. The van der Waals surface area contributed by atoms with Crippen molar-refractivity contribution in [1.29, 1.82) is 0 Å². The van der Waals surface area contributed by atoms with Crippen molar-refractivity contribution in [1.82, 2.24) is 15.6 Å². The van der Waals surface area contributed by atoms with Crippen LogP contribution in [0, 0.1) is 0 Å². The molecule has 1 aliphatic rings. The summed E-state index contributed by atoms with van der Waals surface area (Å²) in [5.74, 6) is 0.432. The average molecular weight is 283 g/mol. The van der Waals surface area contributed by atoms with Crippen molar-refractivity contribution in [3.05, 3.63) is 16.1 Å². The summed E-state index contributed by atoms with van der Waals surface area (Å²) in [7, 11) is 0. The van der Waals surface area contributed by atoms with E-state index in [0.29, 0.717) is 25.6 Å². The second kappa shape index (κ2) is 6.98. The Balaban J connectivity index is 1.71. The highest BCUT2D eigenvalue weighted by Gasteiger charge is 2.21. The van der Waals surface area contributed by atoms with Crippen LogP contribution in [0.1, 0.15) is 30.5 Å². The first kappa shape index (κ1) is 14.4. The lowest BCUT2D eigenvalue weighted by Gasteiger charge is -2.22. The van der Waals surface area contributed by atoms with Crippen LogP contribution in [0.4, 0.5) is 0 Å². The molecule has 106 valence electrons. The maximum Gasteiger partial charge on any atom is 0.250 e. The number of carbonyl (C=O) groups excluding carboxylic acids is 1. The number of thiazole rings is 1. The number of morpholine rings is 1. The molecule has 1 aliphatic heterocycles. The average Bonchev–Trinajstić information content (AvgIpc) is 2.89. The van der Waals surface area contributed by atoms with Gasteiger partial charge in [-0.15, -0.1) is 11.3 Å². The zero-order chi connectivity index (χ0) is 13.7. The van der Waals surface area contributed by atoms with E-state index in [2.05, 4.69) is 34.8 Å². The van der Waals surface area contributed by atoms with Crippen LogP contribution < -0.4 is 10.6 Å². The number of hydrogen-bond donors (Lipinski definition) is 2. The lowest BCUT2D eigenvalue weighted by atomic mass is 10.2. The Hall–Kier alpha value is -0.980. The van der Waals surface area contributed by atoms with Crippen LogP contribution in [0.3, 0.4) is 0 Å². The van der Waals surface area contributed by atoms with E-state index in [1.165, 1.54) is 0 Å². The van der Waals surface area contributed by atoms with Gasteiger partial charge in [0.2, 0.25) is 5.91 Å². The molecule has 0 aliphatic carbocycles. The highest BCUT2D eigenvalue weighted by Crippen LogP contribution is 2.19. The number of rotatable bonds is 5. The van der Waals surface area contributed by atoms with Crippen LogP contribution >= 0.6 is 11.3 Å². The number of nitrogens with one attached hydrogen (secondary N) is 2. The minimum Gasteiger partial charge on any atom is -0.366 e. The van der Waals surface area contributed by atoms with Gasteiger partial charge in [0.15, 0.2) is 0 Å². The first-order valence-electron chi connectivity index (χ1n) is 6.71. The number of nitrogens with zero attached hydrogens (tertiary/aromatic N) is 1. The molecule has 2 rings (SSSR count). The third-order valence-electron chi connectivity index (χ3n) is 2.96. The third kappa shape index (κ3) is 4.26. The van der Waals surface area contributed by atoms with Gasteiger partial charge in [0.05, 0.1) is 17.3 Å². The molecule has 1 amide bonds. The largest absolute Gasteiger partial charge is 0.366 e. The van der Waals surface area contributed by atoms with Gasteiger partial charge in [-0.25, -0.2) is 4.98 Å². The second-order valence-corrected chi connectivity index (χ2v) is 5.83. The van der Waals surface area contributed by atoms with Gasteiger partial charge in [-0.05, 0) is 0 Å². The molecule has 1 fully saturated rings. The predicted octanol–water partition coefficient (Wildman–Crippen LogP) is 0.914. The molecule has 0 saturated carbocycles. The molecule has 1 saturated heterocycles. The molecule has 5 nitrogen and oxygen atoms in total. The monoisotopic (exact) mass is 283 g/mol. The van der Waals surface area contributed by atoms with Crippen LogP contribution in [0.2, 0.25) is 0 Å². The first-order chi connectivity index (χ1) is 9.16. The number of hydrogen-bond acceptors (Lipinski definition) is 5. The maximum absolute atomic E-state index is 11.8. The Morgan fingerprint density at radius 1 is 1.68 bits per heavy atom. The first-order valence-corrected chi connectivity index (χ1v) is 7.59. The summed E-state index contributed by atoms with van der Waals surface area (Å²) < 4.78 is 5.39. The summed E-state index contributed by atoms with van der Waals surface area (Å²) in [6, 6.07) is 0. The van der Waals surface area contributed by atoms with Crippen LogP contribution in [0.25, 0.3) is 0 Å². The molecule has 19 heavy (non-hydrogen) atoms. The number of ether oxygens (including phenoxy) is 1. The molecule has 1 atom stereocenters. The second-order valence-electron chi connectivity index (χ2n) is 4.94. The smallest absolute Gasteiger partial charge is 0.250 e. The normalized spacial score (nSPS) is 19.6. The summed E-state index contributed by atoms with van der Waals surface area (Å²) in [6.45, 7) is 6.90. The van der Waals surface area contributed by atoms with Crippen LogP contribution in [0.15, 0.2) is 5.38 Å². The topological polar surface area (TPSA) is 63.2 Å². The van der Waals surface area contributed by atoms with Crippen molar-refractivity contribution < 1.29 is 9.53 Å². The van der Waals surface area contributed by atoms with Gasteiger partial charge >= 0.3 is 0 Å². The van der Waals surface area contributed by atoms with E-state index in [9.17, 15) is 4.79 Å². The predicted molar refractivity (Wildman–Crippen MR) is 75.5 cm³/mol. The molecule has 6 heteroatoms. The third-order valence-corrected chi connectivity index (χ3v) is 4.16. The SMILES string of the molecule is CC(C)c1nc(CCNC(=O)C2CNCCO2)cs1. The standard InChI is InChI=1S/C13H21N3O2S/c1-9(2)13-16-10(8-19-13)3-4-15-12(17)11-7-14-5-6-18-11/h8-9,11,14H,3-7H2,1-2H3,(H,15,17). The Kier molecular flexibility index (Phi) is 5.30. The van der Waals surface area contributed by atoms with Crippen molar-refractivity contribution in [2.24, 2.45) is 0 Å². The van der Waals surface area contributed by atoms with Crippen molar-refractivity contribution in [3.8, 4) is 0 Å². The summed E-state index contributed by atoms with van der Waals surface area (Å²) in [6.07, 6.45) is 0.421. The van der Waals surface area contributed by atoms with Crippen molar-refractivity contribution in [2.45, 2.75) is 32.3 Å². The minimum absolute atomic E-state index is 0.0356. The van der Waals surface area contributed by atoms with Gasteiger partial charge in [-0.1, -0.05) is 13.8 Å². The molecule has 2 heterocycles. The van der Waals surface area contributed by atoms with Gasteiger partial charge in [0.25, 0.3) is 0 Å². The summed E-state index contributed by atoms with van der Waals surface area (Å²) in [4.78, 5) is 16.4. The molecular formula is C13H21N3O2S. The molecule has 2 N–H and O–H groups in total. The van der Waals surface area contributed by atoms with Crippen LogP contribution in [-0.4, -0.2) is 43.2 Å². The zero-order valence-corrected chi connectivity index (χ0v) is 12.3. The Labute approximate surface area is 117 Å². The fraction of sp³-hybridized carbons (Fsp3) is 0.692. The Bertz CT molecular complexity index is 414.